The summed E-state index contributed by atoms with van der Waals surface area (Å²) in [6.45, 7) is 0. The van der Waals surface area contributed by atoms with E-state index in [1.807, 2.05) is 24.3 Å². The molecule has 0 unspecified atom stereocenters. The predicted molar refractivity (Wildman–Crippen MR) is 144 cm³/mol. The number of carbonyl (C=O) groups excluding carboxylic acids is 1. The fourth-order valence-electron chi connectivity index (χ4n) is 7.42. The highest BCUT2D eigenvalue weighted by Crippen LogP contribution is 2.61. The Hall–Kier alpha value is -3.19. The fraction of sp³-hybridized carbons (Fsp3) is 0.414. The van der Waals surface area contributed by atoms with E-state index >= 15 is 0 Å². The van der Waals surface area contributed by atoms with E-state index in [0.29, 0.717) is 34.6 Å². The Morgan fingerprint density at radius 2 is 1.72 bits per heavy atom. The van der Waals surface area contributed by atoms with Crippen LogP contribution in [0.1, 0.15) is 44.9 Å². The zero-order chi connectivity index (χ0) is 24.9. The number of hydrogen-bond donors (Lipinski definition) is 2. The molecule has 0 radical (unpaired) electrons. The Morgan fingerprint density at radius 3 is 2.42 bits per heavy atom. The van der Waals surface area contributed by atoms with Crippen molar-refractivity contribution in [1.29, 1.82) is 0 Å². The van der Waals surface area contributed by atoms with Crippen LogP contribution in [0.3, 0.4) is 0 Å². The van der Waals surface area contributed by atoms with E-state index in [4.69, 9.17) is 21.4 Å². The van der Waals surface area contributed by atoms with Gasteiger partial charge in [-0.25, -0.2) is 4.79 Å². The molecule has 2 aromatic carbocycles. The van der Waals surface area contributed by atoms with Crippen molar-refractivity contribution in [2.75, 3.05) is 12.4 Å². The van der Waals surface area contributed by atoms with Crippen molar-refractivity contribution in [3.63, 3.8) is 0 Å². The number of rotatable bonds is 5. The first-order valence-corrected chi connectivity index (χ1v) is 13.1. The second-order valence-electron chi connectivity index (χ2n) is 11.0. The van der Waals surface area contributed by atoms with Crippen LogP contribution in [-0.2, 0) is 4.79 Å². The quantitative estimate of drug-likeness (QED) is 0.335. The van der Waals surface area contributed by atoms with Gasteiger partial charge >= 0.3 is 5.63 Å². The molecule has 7 rings (SSSR count). The molecule has 2 N–H and O–H groups in total. The molecule has 4 fully saturated rings. The van der Waals surface area contributed by atoms with Gasteiger partial charge in [-0.3, -0.25) is 4.79 Å². The lowest BCUT2D eigenvalue weighted by Crippen LogP contribution is -2.48. The molecule has 4 aliphatic rings. The molecule has 1 aromatic heterocycles. The van der Waals surface area contributed by atoms with Gasteiger partial charge in [0.2, 0.25) is 5.91 Å². The van der Waals surface area contributed by atoms with E-state index in [1.165, 1.54) is 38.5 Å². The summed E-state index contributed by atoms with van der Waals surface area (Å²) < 4.78 is 11.1. The van der Waals surface area contributed by atoms with Crippen LogP contribution in [0.25, 0.3) is 22.1 Å². The number of ether oxygens (including phenoxy) is 1. The summed E-state index contributed by atoms with van der Waals surface area (Å²) in [7, 11) is 1.55. The lowest BCUT2D eigenvalue weighted by atomic mass is 9.49. The molecule has 6 nitrogen and oxygen atoms in total. The lowest BCUT2D eigenvalue weighted by Gasteiger charge is -2.56. The summed E-state index contributed by atoms with van der Waals surface area (Å²) >= 11 is 5.45. The van der Waals surface area contributed by atoms with E-state index < -0.39 is 5.63 Å². The first kappa shape index (κ1) is 23.2. The van der Waals surface area contributed by atoms with Crippen molar-refractivity contribution >= 4 is 39.9 Å². The van der Waals surface area contributed by atoms with Gasteiger partial charge in [-0.1, -0.05) is 18.2 Å². The van der Waals surface area contributed by atoms with Crippen LogP contribution in [0.15, 0.2) is 57.7 Å². The van der Waals surface area contributed by atoms with Crippen LogP contribution in [0.4, 0.5) is 5.69 Å². The third kappa shape index (κ3) is 4.41. The van der Waals surface area contributed by atoms with Crippen LogP contribution in [-0.4, -0.2) is 18.1 Å². The third-order valence-corrected chi connectivity index (χ3v) is 8.55. The summed E-state index contributed by atoms with van der Waals surface area (Å²) in [6.07, 6.45) is 8.20. The number of para-hydroxylation sites is 1. The smallest absolute Gasteiger partial charge is 0.344 e. The van der Waals surface area contributed by atoms with E-state index in [9.17, 15) is 9.59 Å². The average molecular weight is 503 g/mol. The standard InChI is InChI=1S/C29H30N2O4S/c1-34-25-12-21(6-7-22(25)23-11-20-4-2-3-5-24(20)35-27(23)33)30-28(36)31-26(32)16-29-13-17-8-18(14-29)10-19(9-17)15-29/h2-7,11-12,17-19H,8-10,13-16H2,1H3,(H2,30,31,32,36). The molecule has 0 atom stereocenters. The Balaban J connectivity index is 1.14. The van der Waals surface area contributed by atoms with Crippen molar-refractivity contribution in [2.45, 2.75) is 44.9 Å². The van der Waals surface area contributed by atoms with Crippen molar-refractivity contribution in [3.8, 4) is 16.9 Å². The molecule has 0 spiro atoms. The first-order chi connectivity index (χ1) is 17.4. The van der Waals surface area contributed by atoms with Gasteiger partial charge in [-0.15, -0.1) is 0 Å². The monoisotopic (exact) mass is 502 g/mol. The summed E-state index contributed by atoms with van der Waals surface area (Å²) in [5.74, 6) is 2.93. The van der Waals surface area contributed by atoms with Gasteiger partial charge in [0.15, 0.2) is 5.11 Å². The number of amides is 1. The van der Waals surface area contributed by atoms with Gasteiger partial charge in [-0.05, 0) is 98.2 Å². The molecule has 4 bridgehead atoms. The molecule has 7 heteroatoms. The van der Waals surface area contributed by atoms with Crippen molar-refractivity contribution in [2.24, 2.45) is 23.2 Å². The molecule has 36 heavy (non-hydrogen) atoms. The Morgan fingerprint density at radius 1 is 1.03 bits per heavy atom. The van der Waals surface area contributed by atoms with Gasteiger partial charge in [0.05, 0.1) is 12.7 Å². The van der Waals surface area contributed by atoms with Crippen LogP contribution < -0.4 is 21.0 Å². The maximum Gasteiger partial charge on any atom is 0.344 e. The van der Waals surface area contributed by atoms with Crippen molar-refractivity contribution in [3.05, 3.63) is 59.0 Å². The minimum Gasteiger partial charge on any atom is -0.496 e. The van der Waals surface area contributed by atoms with Crippen molar-refractivity contribution < 1.29 is 13.9 Å². The molecule has 1 amide bonds. The molecule has 4 saturated carbocycles. The van der Waals surface area contributed by atoms with Crippen LogP contribution in [0, 0.1) is 23.2 Å². The second-order valence-corrected chi connectivity index (χ2v) is 11.4. The lowest BCUT2D eigenvalue weighted by molar-refractivity contribution is -0.127. The number of thiocarbonyl (C=S) groups is 1. The maximum atomic E-state index is 12.9. The second kappa shape index (κ2) is 9.04. The van der Waals surface area contributed by atoms with E-state index in [2.05, 4.69) is 10.6 Å². The van der Waals surface area contributed by atoms with E-state index in [1.54, 1.807) is 31.4 Å². The number of methoxy groups -OCH3 is 1. The number of fused-ring (bicyclic) bond motifs is 1. The zero-order valence-corrected chi connectivity index (χ0v) is 21.2. The minimum absolute atomic E-state index is 0.00759. The number of benzene rings is 2. The fourth-order valence-corrected chi connectivity index (χ4v) is 7.65. The van der Waals surface area contributed by atoms with Gasteiger partial charge < -0.3 is 19.8 Å². The Labute approximate surface area is 215 Å². The van der Waals surface area contributed by atoms with Crippen LogP contribution in [0.5, 0.6) is 5.75 Å². The summed E-state index contributed by atoms with van der Waals surface area (Å²) in [5, 5.41) is 7.09. The largest absolute Gasteiger partial charge is 0.496 e. The molecule has 1 heterocycles. The Kier molecular flexibility index (Phi) is 5.83. The molecule has 3 aromatic rings. The minimum atomic E-state index is -0.430. The van der Waals surface area contributed by atoms with Gasteiger partial charge in [-0.2, -0.15) is 0 Å². The molecular formula is C29H30N2O4S. The number of hydrogen-bond acceptors (Lipinski definition) is 5. The maximum absolute atomic E-state index is 12.9. The van der Waals surface area contributed by atoms with Crippen LogP contribution in [0.2, 0.25) is 0 Å². The highest BCUT2D eigenvalue weighted by Gasteiger charge is 2.51. The zero-order valence-electron chi connectivity index (χ0n) is 20.3. The molecule has 0 aliphatic heterocycles. The third-order valence-electron chi connectivity index (χ3n) is 8.34. The molecule has 186 valence electrons. The summed E-state index contributed by atoms with van der Waals surface area (Å²) in [6, 6.07) is 14.6. The number of anilines is 1. The van der Waals surface area contributed by atoms with Gasteiger partial charge in [0.25, 0.3) is 0 Å². The van der Waals surface area contributed by atoms with Crippen molar-refractivity contribution in [1.82, 2.24) is 5.32 Å². The first-order valence-electron chi connectivity index (χ1n) is 12.7. The molecular weight excluding hydrogens is 472 g/mol. The highest BCUT2D eigenvalue weighted by molar-refractivity contribution is 7.80. The summed E-state index contributed by atoms with van der Waals surface area (Å²) in [4.78, 5) is 25.6. The number of carbonyl (C=O) groups is 1. The molecule has 0 saturated heterocycles. The predicted octanol–water partition coefficient (Wildman–Crippen LogP) is 5.89. The summed E-state index contributed by atoms with van der Waals surface area (Å²) in [5.41, 5.74) is 1.99. The number of nitrogens with one attached hydrogen (secondary N) is 2. The normalized spacial score (nSPS) is 26.1. The van der Waals surface area contributed by atoms with E-state index in [0.717, 1.165) is 23.1 Å². The average Bonchev–Trinajstić information content (AvgIpc) is 2.82. The van der Waals surface area contributed by atoms with Gasteiger partial charge in [0, 0.05) is 29.1 Å². The topological polar surface area (TPSA) is 80.6 Å². The van der Waals surface area contributed by atoms with Gasteiger partial charge in [0.1, 0.15) is 11.3 Å². The van der Waals surface area contributed by atoms with Crippen LogP contribution >= 0.6 is 12.2 Å². The SMILES string of the molecule is COc1cc(NC(=S)NC(=O)CC23CC4CC(CC(C4)C2)C3)ccc1-c1cc2ccccc2oc1=O. The molecule has 4 aliphatic carbocycles. The van der Waals surface area contributed by atoms with E-state index in [-0.39, 0.29) is 16.4 Å². The Bertz CT molecular complexity index is 1380. The highest BCUT2D eigenvalue weighted by atomic mass is 32.1.